The molecule has 0 saturated carbocycles. The van der Waals surface area contributed by atoms with Gasteiger partial charge in [-0.3, -0.25) is 9.78 Å². The number of carbonyl (C=O) groups is 1. The highest BCUT2D eigenvalue weighted by Gasteiger charge is 2.09. The zero-order chi connectivity index (χ0) is 13.0. The molecule has 0 aliphatic heterocycles. The van der Waals surface area contributed by atoms with Gasteiger partial charge in [-0.15, -0.1) is 0 Å². The van der Waals surface area contributed by atoms with Gasteiger partial charge in [0.15, 0.2) is 0 Å². The minimum Gasteiger partial charge on any atom is -0.348 e. The molecule has 0 aliphatic rings. The quantitative estimate of drug-likeness (QED) is 0.896. The van der Waals surface area contributed by atoms with Gasteiger partial charge in [0.05, 0.1) is 11.3 Å². The van der Waals surface area contributed by atoms with Crippen molar-refractivity contribution in [3.63, 3.8) is 0 Å². The number of pyridine rings is 1. The van der Waals surface area contributed by atoms with E-state index in [0.29, 0.717) is 12.1 Å². The Bertz CT molecular complexity index is 550. The minimum atomic E-state index is -0.0798. The first-order valence-electron chi connectivity index (χ1n) is 5.93. The van der Waals surface area contributed by atoms with Crippen molar-refractivity contribution < 1.29 is 4.79 Å². The lowest BCUT2D eigenvalue weighted by Crippen LogP contribution is -2.24. The second-order valence-electron chi connectivity index (χ2n) is 4.25. The van der Waals surface area contributed by atoms with Crippen molar-refractivity contribution in [3.8, 4) is 0 Å². The van der Waals surface area contributed by atoms with Crippen molar-refractivity contribution in [1.82, 2.24) is 10.3 Å². The Morgan fingerprint density at radius 2 is 1.83 bits per heavy atom. The number of nitrogens with one attached hydrogen (secondary N) is 1. The Morgan fingerprint density at radius 1 is 1.11 bits per heavy atom. The molecule has 2 aromatic rings. The Kier molecular flexibility index (Phi) is 3.72. The summed E-state index contributed by atoms with van der Waals surface area (Å²) < 4.78 is 0. The molecule has 0 radical (unpaired) electrons. The molecule has 0 unspecified atom stereocenters. The van der Waals surface area contributed by atoms with E-state index in [4.69, 9.17) is 0 Å². The highest BCUT2D eigenvalue weighted by atomic mass is 16.1. The van der Waals surface area contributed by atoms with Gasteiger partial charge in [-0.25, -0.2) is 0 Å². The molecule has 0 atom stereocenters. The molecule has 1 heterocycles. The van der Waals surface area contributed by atoms with Crippen LogP contribution in [-0.2, 0) is 6.54 Å². The Labute approximate surface area is 107 Å². The van der Waals surface area contributed by atoms with E-state index in [-0.39, 0.29) is 5.91 Å². The van der Waals surface area contributed by atoms with Crippen molar-refractivity contribution >= 4 is 5.91 Å². The maximum absolute atomic E-state index is 12.0. The van der Waals surface area contributed by atoms with Crippen LogP contribution < -0.4 is 5.32 Å². The van der Waals surface area contributed by atoms with Crippen molar-refractivity contribution in [2.24, 2.45) is 0 Å². The van der Waals surface area contributed by atoms with Gasteiger partial charge in [0, 0.05) is 12.2 Å². The summed E-state index contributed by atoms with van der Waals surface area (Å²) in [5.41, 5.74) is 3.41. The van der Waals surface area contributed by atoms with Crippen LogP contribution in [0.3, 0.4) is 0 Å². The first-order valence-corrected chi connectivity index (χ1v) is 5.93. The summed E-state index contributed by atoms with van der Waals surface area (Å²) in [6.07, 6.45) is 0. The summed E-state index contributed by atoms with van der Waals surface area (Å²) in [4.78, 5) is 16.3. The molecule has 1 amide bonds. The third-order valence-corrected chi connectivity index (χ3v) is 2.77. The molecular formula is C15H16N2O. The van der Waals surface area contributed by atoms with Crippen LogP contribution in [0.4, 0.5) is 0 Å². The molecule has 3 nitrogen and oxygen atoms in total. The second kappa shape index (κ2) is 5.45. The Hall–Kier alpha value is -2.16. The molecule has 92 valence electrons. The van der Waals surface area contributed by atoms with Gasteiger partial charge in [-0.2, -0.15) is 0 Å². The Balaban J connectivity index is 2.04. The largest absolute Gasteiger partial charge is 0.348 e. The van der Waals surface area contributed by atoms with Gasteiger partial charge < -0.3 is 5.32 Å². The van der Waals surface area contributed by atoms with E-state index >= 15 is 0 Å². The van der Waals surface area contributed by atoms with Crippen molar-refractivity contribution in [2.75, 3.05) is 0 Å². The molecule has 1 aromatic carbocycles. The average Bonchev–Trinajstić information content (AvgIpc) is 2.37. The summed E-state index contributed by atoms with van der Waals surface area (Å²) in [5, 5.41) is 2.90. The second-order valence-corrected chi connectivity index (χ2v) is 4.25. The number of carbonyl (C=O) groups excluding carboxylic acids is 1. The highest BCUT2D eigenvalue weighted by molar-refractivity contribution is 5.95. The van der Waals surface area contributed by atoms with Gasteiger partial charge >= 0.3 is 0 Å². The predicted octanol–water partition coefficient (Wildman–Crippen LogP) is 2.63. The zero-order valence-electron chi connectivity index (χ0n) is 10.6. The number of rotatable bonds is 3. The van der Waals surface area contributed by atoms with Crippen LogP contribution >= 0.6 is 0 Å². The average molecular weight is 240 g/mol. The number of hydrogen-bond acceptors (Lipinski definition) is 2. The van der Waals surface area contributed by atoms with Crippen molar-refractivity contribution in [2.45, 2.75) is 20.4 Å². The van der Waals surface area contributed by atoms with Crippen LogP contribution in [-0.4, -0.2) is 10.9 Å². The number of hydrogen-bond donors (Lipinski definition) is 1. The van der Waals surface area contributed by atoms with Gasteiger partial charge in [0.1, 0.15) is 0 Å². The van der Waals surface area contributed by atoms with Crippen molar-refractivity contribution in [3.05, 3.63) is 65.0 Å². The van der Waals surface area contributed by atoms with E-state index in [1.54, 1.807) is 0 Å². The fraction of sp³-hybridized carbons (Fsp3) is 0.200. The van der Waals surface area contributed by atoms with Gasteiger partial charge in [-0.1, -0.05) is 30.3 Å². The zero-order valence-corrected chi connectivity index (χ0v) is 10.6. The molecule has 1 aromatic heterocycles. The standard InChI is InChI=1S/C15H16N2O/c1-11-8-9-14(12(2)17-11)15(18)16-10-13-6-4-3-5-7-13/h3-9H,10H2,1-2H3,(H,16,18). The van der Waals surface area contributed by atoms with E-state index in [1.807, 2.05) is 56.3 Å². The molecule has 0 bridgehead atoms. The first-order chi connectivity index (χ1) is 8.66. The number of benzene rings is 1. The molecule has 0 spiro atoms. The lowest BCUT2D eigenvalue weighted by molar-refractivity contribution is 0.0950. The number of amides is 1. The van der Waals surface area contributed by atoms with Crippen LogP contribution in [0, 0.1) is 13.8 Å². The van der Waals surface area contributed by atoms with Crippen LogP contribution in [0.15, 0.2) is 42.5 Å². The molecule has 0 fully saturated rings. The fourth-order valence-corrected chi connectivity index (χ4v) is 1.80. The molecule has 0 aliphatic carbocycles. The van der Waals surface area contributed by atoms with Crippen LogP contribution in [0.5, 0.6) is 0 Å². The van der Waals surface area contributed by atoms with E-state index in [1.165, 1.54) is 0 Å². The highest BCUT2D eigenvalue weighted by Crippen LogP contribution is 2.07. The van der Waals surface area contributed by atoms with E-state index < -0.39 is 0 Å². The molecular weight excluding hydrogens is 224 g/mol. The predicted molar refractivity (Wildman–Crippen MR) is 71.3 cm³/mol. The first kappa shape index (κ1) is 12.3. The summed E-state index contributed by atoms with van der Waals surface area (Å²) in [5.74, 6) is -0.0798. The number of nitrogens with zero attached hydrogens (tertiary/aromatic N) is 1. The summed E-state index contributed by atoms with van der Waals surface area (Å²) in [6, 6.07) is 13.5. The number of aryl methyl sites for hydroxylation is 2. The third-order valence-electron chi connectivity index (χ3n) is 2.77. The normalized spacial score (nSPS) is 10.1. The molecule has 0 saturated heterocycles. The van der Waals surface area contributed by atoms with Gasteiger partial charge in [-0.05, 0) is 31.5 Å². The molecule has 2 rings (SSSR count). The SMILES string of the molecule is Cc1ccc(C(=O)NCc2ccccc2)c(C)n1. The van der Waals surface area contributed by atoms with Crippen LogP contribution in [0.2, 0.25) is 0 Å². The minimum absolute atomic E-state index is 0.0798. The fourth-order valence-electron chi connectivity index (χ4n) is 1.80. The maximum Gasteiger partial charge on any atom is 0.253 e. The monoisotopic (exact) mass is 240 g/mol. The maximum atomic E-state index is 12.0. The van der Waals surface area contributed by atoms with Crippen molar-refractivity contribution in [1.29, 1.82) is 0 Å². The lowest BCUT2D eigenvalue weighted by Gasteiger charge is -2.07. The summed E-state index contributed by atoms with van der Waals surface area (Å²) in [7, 11) is 0. The smallest absolute Gasteiger partial charge is 0.253 e. The van der Waals surface area contributed by atoms with Crippen LogP contribution in [0.25, 0.3) is 0 Å². The van der Waals surface area contributed by atoms with Gasteiger partial charge in [0.2, 0.25) is 0 Å². The third kappa shape index (κ3) is 2.94. The molecule has 18 heavy (non-hydrogen) atoms. The summed E-state index contributed by atoms with van der Waals surface area (Å²) in [6.45, 7) is 4.30. The summed E-state index contributed by atoms with van der Waals surface area (Å²) >= 11 is 0. The van der Waals surface area contributed by atoms with E-state index in [0.717, 1.165) is 17.0 Å². The van der Waals surface area contributed by atoms with E-state index in [2.05, 4.69) is 10.3 Å². The number of aromatic nitrogens is 1. The van der Waals surface area contributed by atoms with Crippen LogP contribution in [0.1, 0.15) is 27.3 Å². The topological polar surface area (TPSA) is 42.0 Å². The Morgan fingerprint density at radius 3 is 2.50 bits per heavy atom. The van der Waals surface area contributed by atoms with E-state index in [9.17, 15) is 4.79 Å². The molecule has 3 heteroatoms. The molecule has 1 N–H and O–H groups in total. The van der Waals surface area contributed by atoms with Gasteiger partial charge in [0.25, 0.3) is 5.91 Å². The lowest BCUT2D eigenvalue weighted by atomic mass is 10.1.